The fourth-order valence-corrected chi connectivity index (χ4v) is 3.54. The van der Waals surface area contributed by atoms with Crippen molar-refractivity contribution in [2.24, 2.45) is 0 Å². The summed E-state index contributed by atoms with van der Waals surface area (Å²) >= 11 is 3.61. The smallest absolute Gasteiger partial charge is 0.138 e. The monoisotopic (exact) mass is 388 g/mol. The van der Waals surface area contributed by atoms with Crippen LogP contribution < -0.4 is 0 Å². The highest BCUT2D eigenvalue weighted by Gasteiger charge is 2.11. The van der Waals surface area contributed by atoms with Crippen LogP contribution in [0, 0.1) is 0 Å². The van der Waals surface area contributed by atoms with Crippen molar-refractivity contribution < 1.29 is 0 Å². The Morgan fingerprint density at radius 3 is 1.60 bits per heavy atom. The molecule has 0 aliphatic heterocycles. The summed E-state index contributed by atoms with van der Waals surface area (Å²) in [5.41, 5.74) is 6.01. The number of fused-ring (bicyclic) bond motifs is 2. The standard InChI is InChI=1S/C20H13BrN4/c21-14-10-12(19-22-15-5-1-2-6-16(15)23-19)9-13(11-14)20-24-17-7-3-4-8-18(17)25-20/h1-11H,(H,22,23)(H,24,25). The highest BCUT2D eigenvalue weighted by atomic mass is 79.9. The van der Waals surface area contributed by atoms with Gasteiger partial charge < -0.3 is 9.97 Å². The Hall–Kier alpha value is -2.92. The van der Waals surface area contributed by atoms with E-state index in [9.17, 15) is 0 Å². The second-order valence-electron chi connectivity index (χ2n) is 5.93. The van der Waals surface area contributed by atoms with Crippen molar-refractivity contribution >= 4 is 38.0 Å². The van der Waals surface area contributed by atoms with Crippen molar-refractivity contribution in [2.45, 2.75) is 0 Å². The predicted molar refractivity (Wildman–Crippen MR) is 104 cm³/mol. The lowest BCUT2D eigenvalue weighted by atomic mass is 10.1. The van der Waals surface area contributed by atoms with Gasteiger partial charge in [-0.3, -0.25) is 0 Å². The van der Waals surface area contributed by atoms with Crippen molar-refractivity contribution in [3.63, 3.8) is 0 Å². The first-order valence-electron chi connectivity index (χ1n) is 7.97. The summed E-state index contributed by atoms with van der Waals surface area (Å²) in [6.07, 6.45) is 0. The number of hydrogen-bond acceptors (Lipinski definition) is 2. The zero-order valence-electron chi connectivity index (χ0n) is 13.1. The number of aromatic amines is 2. The molecule has 0 radical (unpaired) electrons. The van der Waals surface area contributed by atoms with Crippen LogP contribution in [0.25, 0.3) is 44.8 Å². The van der Waals surface area contributed by atoms with E-state index in [4.69, 9.17) is 9.97 Å². The molecule has 4 nitrogen and oxygen atoms in total. The van der Waals surface area contributed by atoms with E-state index < -0.39 is 0 Å². The highest BCUT2D eigenvalue weighted by molar-refractivity contribution is 9.10. The molecule has 0 aliphatic carbocycles. The molecule has 5 heteroatoms. The summed E-state index contributed by atoms with van der Waals surface area (Å²) in [5, 5.41) is 0. The van der Waals surface area contributed by atoms with Crippen molar-refractivity contribution in [2.75, 3.05) is 0 Å². The number of nitrogens with one attached hydrogen (secondary N) is 2. The number of nitrogens with zero attached hydrogens (tertiary/aromatic N) is 2. The van der Waals surface area contributed by atoms with Crippen LogP contribution in [-0.4, -0.2) is 19.9 Å². The molecule has 0 amide bonds. The quantitative estimate of drug-likeness (QED) is 0.417. The first-order valence-corrected chi connectivity index (χ1v) is 8.76. The number of para-hydroxylation sites is 4. The number of halogens is 1. The van der Waals surface area contributed by atoms with E-state index in [0.717, 1.165) is 49.3 Å². The van der Waals surface area contributed by atoms with Crippen LogP contribution >= 0.6 is 15.9 Å². The fraction of sp³-hybridized carbons (Fsp3) is 0. The van der Waals surface area contributed by atoms with Crippen LogP contribution in [0.1, 0.15) is 0 Å². The maximum absolute atomic E-state index is 4.69. The Kier molecular flexibility index (Phi) is 3.21. The summed E-state index contributed by atoms with van der Waals surface area (Å²) < 4.78 is 0.987. The van der Waals surface area contributed by atoms with Crippen LogP contribution in [0.4, 0.5) is 0 Å². The minimum absolute atomic E-state index is 0.847. The average molecular weight is 389 g/mol. The van der Waals surface area contributed by atoms with Gasteiger partial charge in [-0.25, -0.2) is 9.97 Å². The summed E-state index contributed by atoms with van der Waals surface area (Å²) in [4.78, 5) is 16.2. The lowest BCUT2D eigenvalue weighted by Crippen LogP contribution is -1.86. The normalized spacial score (nSPS) is 11.4. The molecule has 0 bridgehead atoms. The van der Waals surface area contributed by atoms with E-state index in [-0.39, 0.29) is 0 Å². The predicted octanol–water partition coefficient (Wildman–Crippen LogP) is 5.54. The highest BCUT2D eigenvalue weighted by Crippen LogP contribution is 2.30. The number of rotatable bonds is 2. The molecule has 3 aromatic carbocycles. The average Bonchev–Trinajstić information content (AvgIpc) is 3.25. The zero-order chi connectivity index (χ0) is 16.8. The zero-order valence-corrected chi connectivity index (χ0v) is 14.7. The molecule has 0 saturated heterocycles. The van der Waals surface area contributed by atoms with E-state index in [1.165, 1.54) is 0 Å². The van der Waals surface area contributed by atoms with Crippen LogP contribution in [0.3, 0.4) is 0 Å². The second kappa shape index (κ2) is 5.57. The molecule has 0 unspecified atom stereocenters. The summed E-state index contributed by atoms with van der Waals surface area (Å²) in [6, 6.07) is 22.3. The molecule has 2 N–H and O–H groups in total. The topological polar surface area (TPSA) is 57.4 Å². The van der Waals surface area contributed by atoms with Gasteiger partial charge in [-0.15, -0.1) is 0 Å². The van der Waals surface area contributed by atoms with Crippen LogP contribution in [0.15, 0.2) is 71.2 Å². The van der Waals surface area contributed by atoms with Gasteiger partial charge in [-0.1, -0.05) is 40.2 Å². The van der Waals surface area contributed by atoms with Crippen molar-refractivity contribution in [1.82, 2.24) is 19.9 Å². The number of benzene rings is 3. The van der Waals surface area contributed by atoms with Gasteiger partial charge in [-0.2, -0.15) is 0 Å². The lowest BCUT2D eigenvalue weighted by Gasteiger charge is -2.03. The number of hydrogen-bond donors (Lipinski definition) is 2. The first-order chi connectivity index (χ1) is 12.3. The molecule has 5 rings (SSSR count). The van der Waals surface area contributed by atoms with Gasteiger partial charge in [0.25, 0.3) is 0 Å². The van der Waals surface area contributed by atoms with Crippen LogP contribution in [0.5, 0.6) is 0 Å². The molecule has 0 saturated carbocycles. The molecule has 0 aliphatic rings. The molecule has 2 heterocycles. The summed E-state index contributed by atoms with van der Waals surface area (Å²) in [6.45, 7) is 0. The lowest BCUT2D eigenvalue weighted by molar-refractivity contribution is 1.31. The Labute approximate surface area is 152 Å². The van der Waals surface area contributed by atoms with Gasteiger partial charge in [0.05, 0.1) is 22.1 Å². The summed E-state index contributed by atoms with van der Waals surface area (Å²) in [5.74, 6) is 1.69. The van der Waals surface area contributed by atoms with Gasteiger partial charge in [0.2, 0.25) is 0 Å². The molecule has 2 aromatic heterocycles. The SMILES string of the molecule is Brc1cc(-c2nc3ccccc3[nH]2)cc(-c2nc3ccccc3[nH]2)c1. The molecule has 5 aromatic rings. The van der Waals surface area contributed by atoms with Gasteiger partial charge >= 0.3 is 0 Å². The molecule has 0 spiro atoms. The minimum Gasteiger partial charge on any atom is -0.338 e. The Morgan fingerprint density at radius 1 is 0.640 bits per heavy atom. The Bertz CT molecular complexity index is 1060. The van der Waals surface area contributed by atoms with Gasteiger partial charge in [-0.05, 0) is 42.5 Å². The van der Waals surface area contributed by atoms with Gasteiger partial charge in [0.15, 0.2) is 0 Å². The second-order valence-corrected chi connectivity index (χ2v) is 6.85. The van der Waals surface area contributed by atoms with Crippen molar-refractivity contribution in [3.8, 4) is 22.8 Å². The maximum Gasteiger partial charge on any atom is 0.138 e. The minimum atomic E-state index is 0.847. The Balaban J connectivity index is 1.66. The van der Waals surface area contributed by atoms with E-state index >= 15 is 0 Å². The van der Waals surface area contributed by atoms with Crippen molar-refractivity contribution in [1.29, 1.82) is 0 Å². The van der Waals surface area contributed by atoms with E-state index in [0.29, 0.717) is 0 Å². The molecular weight excluding hydrogens is 376 g/mol. The Morgan fingerprint density at radius 2 is 1.12 bits per heavy atom. The number of H-pyrrole nitrogens is 2. The van der Waals surface area contributed by atoms with Gasteiger partial charge in [0, 0.05) is 15.6 Å². The van der Waals surface area contributed by atoms with E-state index in [2.05, 4.69) is 44.1 Å². The molecule has 120 valence electrons. The van der Waals surface area contributed by atoms with Crippen LogP contribution in [0.2, 0.25) is 0 Å². The molecule has 0 fully saturated rings. The van der Waals surface area contributed by atoms with Crippen molar-refractivity contribution in [3.05, 3.63) is 71.2 Å². The third-order valence-electron chi connectivity index (χ3n) is 4.22. The molecular formula is C20H13BrN4. The molecule has 0 atom stereocenters. The van der Waals surface area contributed by atoms with Crippen LogP contribution in [-0.2, 0) is 0 Å². The van der Waals surface area contributed by atoms with Gasteiger partial charge in [0.1, 0.15) is 11.6 Å². The summed E-state index contributed by atoms with van der Waals surface area (Å²) in [7, 11) is 0. The first kappa shape index (κ1) is 14.4. The largest absolute Gasteiger partial charge is 0.338 e. The molecule has 25 heavy (non-hydrogen) atoms. The third kappa shape index (κ3) is 2.53. The van der Waals surface area contributed by atoms with E-state index in [1.54, 1.807) is 0 Å². The fourth-order valence-electron chi connectivity index (χ4n) is 3.04. The maximum atomic E-state index is 4.69. The third-order valence-corrected chi connectivity index (χ3v) is 4.68. The van der Waals surface area contributed by atoms with E-state index in [1.807, 2.05) is 48.5 Å². The number of imidazole rings is 2. The number of aromatic nitrogens is 4.